The number of halogens is 2. The molecule has 0 aromatic heterocycles. The summed E-state index contributed by atoms with van der Waals surface area (Å²) < 4.78 is 0. The lowest BCUT2D eigenvalue weighted by molar-refractivity contribution is -0.112. The molecule has 0 saturated carbocycles. The van der Waals surface area contributed by atoms with Crippen molar-refractivity contribution < 1.29 is 9.59 Å². The molecule has 98 valence electrons. The van der Waals surface area contributed by atoms with Crippen LogP contribution in [0.3, 0.4) is 0 Å². The standard InChI is InChI=1S/C16H8Cl2O2/c17-11-5-14(20)10-4-2-8-12(18)6-13(19)9-3-1-7(11)15(10)16(8)9/h1-8H/t7-,8+. The molecule has 0 amide bonds. The lowest BCUT2D eigenvalue weighted by Crippen LogP contribution is -2.29. The molecule has 20 heavy (non-hydrogen) atoms. The van der Waals surface area contributed by atoms with E-state index in [0.29, 0.717) is 21.2 Å². The van der Waals surface area contributed by atoms with Crippen molar-refractivity contribution in [2.24, 2.45) is 11.8 Å². The Morgan fingerprint density at radius 2 is 1.15 bits per heavy atom. The predicted octanol–water partition coefficient (Wildman–Crippen LogP) is 3.36. The van der Waals surface area contributed by atoms with Crippen LogP contribution in [0.2, 0.25) is 0 Å². The van der Waals surface area contributed by atoms with Crippen LogP contribution in [0.25, 0.3) is 0 Å². The van der Waals surface area contributed by atoms with E-state index in [-0.39, 0.29) is 23.4 Å². The Balaban J connectivity index is 2.03. The zero-order chi connectivity index (χ0) is 14.0. The Kier molecular flexibility index (Phi) is 2.39. The van der Waals surface area contributed by atoms with Crippen molar-refractivity contribution in [2.75, 3.05) is 0 Å². The Labute approximate surface area is 125 Å². The Hall–Kier alpha value is -1.64. The van der Waals surface area contributed by atoms with Gasteiger partial charge in [-0.15, -0.1) is 0 Å². The number of ketones is 2. The van der Waals surface area contributed by atoms with Gasteiger partial charge in [-0.25, -0.2) is 0 Å². The van der Waals surface area contributed by atoms with Crippen LogP contribution in [0.5, 0.6) is 0 Å². The monoisotopic (exact) mass is 302 g/mol. The van der Waals surface area contributed by atoms with Gasteiger partial charge in [0, 0.05) is 45.2 Å². The van der Waals surface area contributed by atoms with Gasteiger partial charge in [-0.05, 0) is 11.1 Å². The zero-order valence-corrected chi connectivity index (χ0v) is 11.7. The van der Waals surface area contributed by atoms with E-state index in [1.807, 2.05) is 12.2 Å². The van der Waals surface area contributed by atoms with E-state index in [0.717, 1.165) is 11.1 Å². The molecule has 0 N–H and O–H groups in total. The molecule has 0 bridgehead atoms. The van der Waals surface area contributed by atoms with E-state index in [9.17, 15) is 9.59 Å². The molecule has 4 heteroatoms. The minimum Gasteiger partial charge on any atom is -0.289 e. The molecule has 4 aliphatic rings. The molecule has 0 aliphatic heterocycles. The molecule has 2 atom stereocenters. The van der Waals surface area contributed by atoms with Crippen LogP contribution in [0.4, 0.5) is 0 Å². The lowest BCUT2D eigenvalue weighted by atomic mass is 9.68. The van der Waals surface area contributed by atoms with E-state index >= 15 is 0 Å². The lowest BCUT2D eigenvalue weighted by Gasteiger charge is -2.36. The Morgan fingerprint density at radius 3 is 1.55 bits per heavy atom. The minimum absolute atomic E-state index is 0.115. The van der Waals surface area contributed by atoms with Crippen LogP contribution >= 0.6 is 23.2 Å². The topological polar surface area (TPSA) is 34.1 Å². The molecule has 2 nitrogen and oxygen atoms in total. The fourth-order valence-electron chi connectivity index (χ4n) is 3.19. The highest BCUT2D eigenvalue weighted by Gasteiger charge is 2.40. The van der Waals surface area contributed by atoms with Gasteiger partial charge in [0.05, 0.1) is 0 Å². The first-order valence-corrected chi connectivity index (χ1v) is 7.01. The Bertz CT molecular complexity index is 706. The number of hydrogen-bond acceptors (Lipinski definition) is 2. The molecular formula is C16H8Cl2O2. The van der Waals surface area contributed by atoms with E-state index in [4.69, 9.17) is 23.2 Å². The molecule has 0 aromatic carbocycles. The van der Waals surface area contributed by atoms with E-state index in [2.05, 4.69) is 0 Å². The first-order chi connectivity index (χ1) is 9.58. The van der Waals surface area contributed by atoms with Gasteiger partial charge in [0.2, 0.25) is 0 Å². The molecule has 0 radical (unpaired) electrons. The summed E-state index contributed by atoms with van der Waals surface area (Å²) in [6.07, 6.45) is 10.2. The van der Waals surface area contributed by atoms with Crippen molar-refractivity contribution in [3.63, 3.8) is 0 Å². The average Bonchev–Trinajstić information content (AvgIpc) is 2.42. The largest absolute Gasteiger partial charge is 0.289 e. The smallest absolute Gasteiger partial charge is 0.187 e. The normalized spacial score (nSPS) is 30.5. The molecule has 0 aromatic rings. The third-order valence-electron chi connectivity index (χ3n) is 4.07. The van der Waals surface area contributed by atoms with Gasteiger partial charge in [0.15, 0.2) is 11.6 Å². The third-order valence-corrected chi connectivity index (χ3v) is 4.75. The molecule has 4 rings (SSSR count). The molecule has 0 heterocycles. The average molecular weight is 303 g/mol. The number of allylic oxidation sites excluding steroid dienone is 12. The summed E-state index contributed by atoms with van der Waals surface area (Å²) in [5.74, 6) is -0.524. The van der Waals surface area contributed by atoms with E-state index in [1.165, 1.54) is 12.2 Å². The van der Waals surface area contributed by atoms with Crippen molar-refractivity contribution >= 4 is 34.8 Å². The quantitative estimate of drug-likeness (QED) is 0.687. The second-order valence-corrected chi connectivity index (χ2v) is 5.99. The molecule has 0 saturated heterocycles. The zero-order valence-electron chi connectivity index (χ0n) is 10.2. The Morgan fingerprint density at radius 1 is 0.750 bits per heavy atom. The number of rotatable bonds is 0. The van der Waals surface area contributed by atoms with Crippen molar-refractivity contribution in [2.45, 2.75) is 0 Å². The van der Waals surface area contributed by atoms with E-state index in [1.54, 1.807) is 12.2 Å². The number of carbonyl (C=O) groups is 2. The predicted molar refractivity (Wildman–Crippen MR) is 77.2 cm³/mol. The highest BCUT2D eigenvalue weighted by molar-refractivity contribution is 6.35. The van der Waals surface area contributed by atoms with Crippen molar-refractivity contribution in [1.82, 2.24) is 0 Å². The summed E-state index contributed by atoms with van der Waals surface area (Å²) >= 11 is 12.4. The first kappa shape index (κ1) is 12.1. The second-order valence-electron chi connectivity index (χ2n) is 5.12. The summed E-state index contributed by atoms with van der Waals surface area (Å²) in [7, 11) is 0. The second kappa shape index (κ2) is 3.94. The highest BCUT2D eigenvalue weighted by Crippen LogP contribution is 2.50. The maximum Gasteiger partial charge on any atom is 0.187 e. The summed E-state index contributed by atoms with van der Waals surface area (Å²) in [6, 6.07) is 0. The third kappa shape index (κ3) is 1.41. The molecule has 4 aliphatic carbocycles. The van der Waals surface area contributed by atoms with Gasteiger partial charge in [-0.1, -0.05) is 47.5 Å². The molecule has 0 spiro atoms. The number of hydrogen-bond donors (Lipinski definition) is 0. The van der Waals surface area contributed by atoms with Crippen molar-refractivity contribution in [3.05, 3.63) is 68.8 Å². The van der Waals surface area contributed by atoms with Crippen LogP contribution in [-0.4, -0.2) is 11.6 Å². The van der Waals surface area contributed by atoms with Gasteiger partial charge in [0.1, 0.15) is 0 Å². The maximum atomic E-state index is 12.1. The summed E-state index contributed by atoms with van der Waals surface area (Å²) in [4.78, 5) is 24.2. The number of carbonyl (C=O) groups excluding carboxylic acids is 2. The van der Waals surface area contributed by atoms with Crippen LogP contribution < -0.4 is 0 Å². The fourth-order valence-corrected chi connectivity index (χ4v) is 3.75. The van der Waals surface area contributed by atoms with Crippen molar-refractivity contribution in [3.8, 4) is 0 Å². The summed E-state index contributed by atoms with van der Waals surface area (Å²) in [5, 5.41) is 0.979. The molecule has 0 fully saturated rings. The summed E-state index contributed by atoms with van der Waals surface area (Å²) in [6.45, 7) is 0. The van der Waals surface area contributed by atoms with Gasteiger partial charge >= 0.3 is 0 Å². The summed E-state index contributed by atoms with van der Waals surface area (Å²) in [5.41, 5.74) is 2.91. The molecular weight excluding hydrogens is 295 g/mol. The van der Waals surface area contributed by atoms with Crippen LogP contribution in [-0.2, 0) is 9.59 Å². The molecule has 0 unspecified atom stereocenters. The van der Waals surface area contributed by atoms with Crippen LogP contribution in [0.15, 0.2) is 68.8 Å². The first-order valence-electron chi connectivity index (χ1n) is 6.26. The minimum atomic E-state index is -0.147. The van der Waals surface area contributed by atoms with Gasteiger partial charge in [0.25, 0.3) is 0 Å². The van der Waals surface area contributed by atoms with Crippen LogP contribution in [0.1, 0.15) is 0 Å². The van der Waals surface area contributed by atoms with E-state index < -0.39 is 0 Å². The maximum absolute atomic E-state index is 12.1. The van der Waals surface area contributed by atoms with Gasteiger partial charge in [-0.2, -0.15) is 0 Å². The fraction of sp³-hybridized carbons (Fsp3) is 0.125. The van der Waals surface area contributed by atoms with Gasteiger partial charge < -0.3 is 0 Å². The van der Waals surface area contributed by atoms with Crippen molar-refractivity contribution in [1.29, 1.82) is 0 Å². The van der Waals surface area contributed by atoms with Crippen LogP contribution in [0, 0.1) is 11.8 Å². The highest BCUT2D eigenvalue weighted by atomic mass is 35.5. The SMILES string of the molecule is O=C1C=C(Cl)[C@H]2C=CC3=C4C2=C1C=C[C@H]4C(Cl)=CC3=O. The van der Waals surface area contributed by atoms with Gasteiger partial charge in [-0.3, -0.25) is 9.59 Å².